The van der Waals surface area contributed by atoms with Gasteiger partial charge in [0, 0.05) is 25.2 Å². The van der Waals surface area contributed by atoms with Gasteiger partial charge in [-0.1, -0.05) is 42.5 Å². The maximum Gasteiger partial charge on any atom is 0.226 e. The van der Waals surface area contributed by atoms with Crippen molar-refractivity contribution in [3.8, 4) is 0 Å². The molecule has 1 aromatic heterocycles. The van der Waals surface area contributed by atoms with Gasteiger partial charge in [-0.2, -0.15) is 0 Å². The summed E-state index contributed by atoms with van der Waals surface area (Å²) >= 11 is 0. The van der Waals surface area contributed by atoms with Crippen molar-refractivity contribution in [3.63, 3.8) is 0 Å². The van der Waals surface area contributed by atoms with Crippen LogP contribution < -0.4 is 10.6 Å². The topological polar surface area (TPSA) is 64.2 Å². The smallest absolute Gasteiger partial charge is 0.226 e. The van der Waals surface area contributed by atoms with E-state index in [-0.39, 0.29) is 11.9 Å². The number of hydrogen-bond acceptors (Lipinski definition) is 3. The summed E-state index contributed by atoms with van der Waals surface area (Å²) in [5.41, 5.74) is 10.6. The Hall–Kier alpha value is -2.92. The van der Waals surface area contributed by atoms with Crippen molar-refractivity contribution in [2.24, 2.45) is 5.73 Å². The van der Waals surface area contributed by atoms with Gasteiger partial charge in [-0.25, -0.2) is 4.98 Å². The van der Waals surface area contributed by atoms with Crippen molar-refractivity contribution in [1.29, 1.82) is 0 Å². The van der Waals surface area contributed by atoms with E-state index in [1.54, 1.807) is 0 Å². The summed E-state index contributed by atoms with van der Waals surface area (Å²) in [7, 11) is 0. The SMILES string of the molecule is NC(c1ccccc1)c1cncn1Cc1ccc(N2CCCCC2=O)cc1. The van der Waals surface area contributed by atoms with Crippen LogP contribution in [0.5, 0.6) is 0 Å². The zero-order valence-corrected chi connectivity index (χ0v) is 15.3. The Morgan fingerprint density at radius 1 is 1.04 bits per heavy atom. The molecule has 5 nitrogen and oxygen atoms in total. The lowest BCUT2D eigenvalue weighted by atomic mass is 10.0. The first kappa shape index (κ1) is 17.5. The number of nitrogens with zero attached hydrogens (tertiary/aromatic N) is 3. The van der Waals surface area contributed by atoms with E-state index in [0.29, 0.717) is 13.0 Å². The molecule has 3 aromatic rings. The van der Waals surface area contributed by atoms with Gasteiger partial charge in [-0.05, 0) is 36.1 Å². The molecule has 1 fully saturated rings. The molecule has 27 heavy (non-hydrogen) atoms. The van der Waals surface area contributed by atoms with Gasteiger partial charge in [-0.15, -0.1) is 0 Å². The molecule has 1 amide bonds. The van der Waals surface area contributed by atoms with Crippen molar-refractivity contribution < 1.29 is 4.79 Å². The second kappa shape index (κ2) is 7.76. The second-order valence-electron chi connectivity index (χ2n) is 7.00. The number of imidazole rings is 1. The fourth-order valence-corrected chi connectivity index (χ4v) is 3.61. The van der Waals surface area contributed by atoms with Gasteiger partial charge in [0.1, 0.15) is 0 Å². The summed E-state index contributed by atoms with van der Waals surface area (Å²) in [6.07, 6.45) is 6.37. The van der Waals surface area contributed by atoms with E-state index < -0.39 is 0 Å². The number of carbonyl (C=O) groups excluding carboxylic acids is 1. The van der Waals surface area contributed by atoms with E-state index in [0.717, 1.165) is 41.9 Å². The number of piperidine rings is 1. The Morgan fingerprint density at radius 2 is 1.81 bits per heavy atom. The molecule has 0 saturated carbocycles. The third-order valence-electron chi connectivity index (χ3n) is 5.15. The highest BCUT2D eigenvalue weighted by Gasteiger charge is 2.19. The molecule has 4 rings (SSSR count). The lowest BCUT2D eigenvalue weighted by Gasteiger charge is -2.27. The molecule has 0 aliphatic carbocycles. The van der Waals surface area contributed by atoms with Crippen LogP contribution in [0, 0.1) is 0 Å². The molecular weight excluding hydrogens is 336 g/mol. The minimum atomic E-state index is -0.209. The van der Waals surface area contributed by atoms with Gasteiger partial charge in [0.25, 0.3) is 0 Å². The van der Waals surface area contributed by atoms with Crippen molar-refractivity contribution in [2.75, 3.05) is 11.4 Å². The third-order valence-corrected chi connectivity index (χ3v) is 5.15. The number of rotatable bonds is 5. The summed E-state index contributed by atoms with van der Waals surface area (Å²) < 4.78 is 2.08. The summed E-state index contributed by atoms with van der Waals surface area (Å²) in [4.78, 5) is 18.3. The van der Waals surface area contributed by atoms with Gasteiger partial charge < -0.3 is 15.2 Å². The first-order valence-corrected chi connectivity index (χ1v) is 9.42. The normalized spacial score (nSPS) is 15.7. The van der Waals surface area contributed by atoms with Gasteiger partial charge in [0.05, 0.1) is 24.3 Å². The van der Waals surface area contributed by atoms with Crippen LogP contribution in [0.4, 0.5) is 5.69 Å². The number of carbonyl (C=O) groups is 1. The maximum atomic E-state index is 12.1. The Kier molecular flexibility index (Phi) is 5.03. The number of benzene rings is 2. The molecule has 0 radical (unpaired) electrons. The van der Waals surface area contributed by atoms with Gasteiger partial charge in [0.15, 0.2) is 0 Å². The van der Waals surface area contributed by atoms with E-state index in [1.165, 1.54) is 0 Å². The number of anilines is 1. The van der Waals surface area contributed by atoms with Crippen LogP contribution in [0.15, 0.2) is 67.1 Å². The number of hydrogen-bond donors (Lipinski definition) is 1. The highest BCUT2D eigenvalue weighted by atomic mass is 16.2. The van der Waals surface area contributed by atoms with Crippen molar-refractivity contribution in [1.82, 2.24) is 9.55 Å². The fourth-order valence-electron chi connectivity index (χ4n) is 3.61. The lowest BCUT2D eigenvalue weighted by molar-refractivity contribution is -0.119. The molecule has 2 aromatic carbocycles. The van der Waals surface area contributed by atoms with Crippen LogP contribution in [0.2, 0.25) is 0 Å². The monoisotopic (exact) mass is 360 g/mol. The molecule has 0 spiro atoms. The highest BCUT2D eigenvalue weighted by Crippen LogP contribution is 2.23. The second-order valence-corrected chi connectivity index (χ2v) is 7.00. The first-order chi connectivity index (χ1) is 13.2. The molecule has 1 aliphatic heterocycles. The average molecular weight is 360 g/mol. The number of amides is 1. The van der Waals surface area contributed by atoms with E-state index in [4.69, 9.17) is 5.73 Å². The van der Waals surface area contributed by atoms with Crippen LogP contribution >= 0.6 is 0 Å². The average Bonchev–Trinajstić information content (AvgIpc) is 3.17. The van der Waals surface area contributed by atoms with Crippen LogP contribution in [0.3, 0.4) is 0 Å². The van der Waals surface area contributed by atoms with Crippen LogP contribution in [-0.4, -0.2) is 22.0 Å². The first-order valence-electron chi connectivity index (χ1n) is 9.42. The Bertz CT molecular complexity index is 902. The highest BCUT2D eigenvalue weighted by molar-refractivity contribution is 5.93. The van der Waals surface area contributed by atoms with Gasteiger partial charge in [0.2, 0.25) is 5.91 Å². The van der Waals surface area contributed by atoms with Crippen LogP contribution in [0.25, 0.3) is 0 Å². The molecular formula is C22H24N4O. The van der Waals surface area contributed by atoms with Crippen molar-refractivity contribution >= 4 is 11.6 Å². The van der Waals surface area contributed by atoms with E-state index in [1.807, 2.05) is 59.9 Å². The molecule has 138 valence electrons. The van der Waals surface area contributed by atoms with Gasteiger partial charge in [-0.3, -0.25) is 4.79 Å². The van der Waals surface area contributed by atoms with Crippen LogP contribution in [-0.2, 0) is 11.3 Å². The summed E-state index contributed by atoms with van der Waals surface area (Å²) in [5.74, 6) is 0.222. The molecule has 2 N–H and O–H groups in total. The number of nitrogens with two attached hydrogens (primary N) is 1. The van der Waals surface area contributed by atoms with E-state index in [9.17, 15) is 4.79 Å². The molecule has 1 unspecified atom stereocenters. The summed E-state index contributed by atoms with van der Waals surface area (Å²) in [5, 5.41) is 0. The van der Waals surface area contributed by atoms with E-state index in [2.05, 4.69) is 21.7 Å². The lowest BCUT2D eigenvalue weighted by Crippen LogP contribution is -2.35. The predicted octanol–water partition coefficient (Wildman–Crippen LogP) is 3.50. The van der Waals surface area contributed by atoms with Crippen LogP contribution in [0.1, 0.15) is 42.1 Å². The van der Waals surface area contributed by atoms with E-state index >= 15 is 0 Å². The van der Waals surface area contributed by atoms with Gasteiger partial charge >= 0.3 is 0 Å². The van der Waals surface area contributed by atoms with Crippen molar-refractivity contribution in [3.05, 3.63) is 83.9 Å². The Balaban J connectivity index is 1.50. The minimum Gasteiger partial charge on any atom is -0.328 e. The molecule has 1 aliphatic rings. The summed E-state index contributed by atoms with van der Waals surface area (Å²) in [6.45, 7) is 1.51. The zero-order valence-electron chi connectivity index (χ0n) is 15.3. The quantitative estimate of drug-likeness (QED) is 0.757. The Labute approximate surface area is 159 Å². The number of aromatic nitrogens is 2. The third kappa shape index (κ3) is 3.78. The molecule has 5 heteroatoms. The summed E-state index contributed by atoms with van der Waals surface area (Å²) in [6, 6.07) is 18.1. The molecule has 0 bridgehead atoms. The fraction of sp³-hybridized carbons (Fsp3) is 0.273. The maximum absolute atomic E-state index is 12.1. The Morgan fingerprint density at radius 3 is 2.56 bits per heavy atom. The van der Waals surface area contributed by atoms with Crippen molar-refractivity contribution in [2.45, 2.75) is 31.8 Å². The largest absolute Gasteiger partial charge is 0.328 e. The molecule has 1 saturated heterocycles. The standard InChI is InChI=1S/C22H24N4O/c23-22(18-6-2-1-3-7-18)20-14-24-16-25(20)15-17-9-11-19(12-10-17)26-13-5-4-8-21(26)27/h1-3,6-7,9-12,14,16,22H,4-5,8,13,15,23H2. The predicted molar refractivity (Wildman–Crippen MR) is 106 cm³/mol. The zero-order chi connectivity index (χ0) is 18.6. The minimum absolute atomic E-state index is 0.209. The molecule has 1 atom stereocenters. The molecule has 2 heterocycles.